The second-order valence-corrected chi connectivity index (χ2v) is 8.47. The van der Waals surface area contributed by atoms with Crippen LogP contribution in [-0.2, 0) is 14.3 Å². The lowest BCUT2D eigenvalue weighted by Crippen LogP contribution is -1.99. The van der Waals surface area contributed by atoms with Crippen molar-refractivity contribution in [2.75, 3.05) is 6.61 Å². The van der Waals surface area contributed by atoms with Crippen LogP contribution in [0.3, 0.4) is 0 Å². The summed E-state index contributed by atoms with van der Waals surface area (Å²) >= 11 is 0. The third kappa shape index (κ3) is 35.8. The predicted molar refractivity (Wildman–Crippen MR) is 137 cm³/mol. The van der Waals surface area contributed by atoms with Gasteiger partial charge in [0, 0.05) is 13.3 Å². The summed E-state index contributed by atoms with van der Waals surface area (Å²) in [5.41, 5.74) is 0. The number of aliphatic carboxylic acids is 1. The summed E-state index contributed by atoms with van der Waals surface area (Å²) in [4.78, 5) is 20.7. The van der Waals surface area contributed by atoms with Crippen LogP contribution >= 0.6 is 0 Å². The maximum Gasteiger partial charge on any atom is 0.303 e. The molecule has 0 aromatic heterocycles. The third-order valence-electron chi connectivity index (χ3n) is 5.08. The van der Waals surface area contributed by atoms with Gasteiger partial charge in [0.15, 0.2) is 0 Å². The van der Waals surface area contributed by atoms with E-state index >= 15 is 0 Å². The summed E-state index contributed by atoms with van der Waals surface area (Å²) in [6, 6.07) is 0. The van der Waals surface area contributed by atoms with Crippen LogP contribution in [-0.4, -0.2) is 23.7 Å². The van der Waals surface area contributed by atoms with Gasteiger partial charge in [-0.3, -0.25) is 9.59 Å². The maximum atomic E-state index is 10.5. The normalized spacial score (nSPS) is 11.0. The van der Waals surface area contributed by atoms with Crippen LogP contribution in [0.2, 0.25) is 0 Å². The molecule has 0 atom stereocenters. The zero-order valence-corrected chi connectivity index (χ0v) is 21.4. The lowest BCUT2D eigenvalue weighted by atomic mass is 10.1. The molecule has 0 saturated carbocycles. The minimum Gasteiger partial charge on any atom is -0.481 e. The van der Waals surface area contributed by atoms with E-state index in [9.17, 15) is 9.59 Å². The van der Waals surface area contributed by atoms with Crippen molar-refractivity contribution in [1.29, 1.82) is 0 Å². The molecular formula is C28H52O4. The fourth-order valence-corrected chi connectivity index (χ4v) is 3.16. The largest absolute Gasteiger partial charge is 0.481 e. The summed E-state index contributed by atoms with van der Waals surface area (Å²) in [5, 5.41) is 8.45. The SMILES string of the molecule is CCC/C=C\CCCCCCCCC(=O)O.CCC/C=C\CCCCCCCOC(C)=O. The Balaban J connectivity index is 0. The highest BCUT2D eigenvalue weighted by atomic mass is 16.5. The second-order valence-electron chi connectivity index (χ2n) is 8.47. The van der Waals surface area contributed by atoms with E-state index in [2.05, 4.69) is 38.2 Å². The molecule has 0 aliphatic carbocycles. The fraction of sp³-hybridized carbons (Fsp3) is 0.786. The van der Waals surface area contributed by atoms with Crippen molar-refractivity contribution < 1.29 is 19.4 Å². The van der Waals surface area contributed by atoms with Crippen molar-refractivity contribution in [2.24, 2.45) is 0 Å². The van der Waals surface area contributed by atoms with Gasteiger partial charge >= 0.3 is 11.9 Å². The third-order valence-corrected chi connectivity index (χ3v) is 5.08. The molecule has 188 valence electrons. The first-order chi connectivity index (χ1) is 15.5. The Morgan fingerprint density at radius 2 is 1.03 bits per heavy atom. The van der Waals surface area contributed by atoms with Crippen molar-refractivity contribution in [3.63, 3.8) is 0 Å². The number of ether oxygens (including phenoxy) is 1. The molecule has 0 spiro atoms. The van der Waals surface area contributed by atoms with Gasteiger partial charge in [-0.05, 0) is 51.4 Å². The van der Waals surface area contributed by atoms with E-state index in [0.29, 0.717) is 13.0 Å². The van der Waals surface area contributed by atoms with Gasteiger partial charge in [-0.2, -0.15) is 0 Å². The Hall–Kier alpha value is -1.58. The van der Waals surface area contributed by atoms with E-state index in [1.807, 2.05) is 0 Å². The number of carboxylic acids is 1. The highest BCUT2D eigenvalue weighted by molar-refractivity contribution is 5.66. The predicted octanol–water partition coefficient (Wildman–Crippen LogP) is 8.79. The number of carbonyl (C=O) groups is 2. The highest BCUT2D eigenvalue weighted by Gasteiger charge is 1.96. The zero-order valence-electron chi connectivity index (χ0n) is 21.4. The molecule has 0 aliphatic heterocycles. The molecule has 4 nitrogen and oxygen atoms in total. The zero-order chi connectivity index (χ0) is 24.1. The Morgan fingerprint density at radius 3 is 1.47 bits per heavy atom. The van der Waals surface area contributed by atoms with E-state index in [0.717, 1.165) is 19.3 Å². The standard InChI is InChI=1S/2C14H26O2/c1-3-4-5-6-7-8-9-10-11-12-13-16-14(2)15;1-2-3-4-5-6-7-8-9-10-11-12-13-14(15)16/h5-6H,3-4,7-13H2,1-2H3;4-5H,2-3,6-13H2,1H3,(H,15,16)/b6-5-;5-4-. The molecule has 0 rings (SSSR count). The molecule has 0 amide bonds. The number of hydrogen-bond acceptors (Lipinski definition) is 3. The van der Waals surface area contributed by atoms with Gasteiger partial charge in [-0.15, -0.1) is 0 Å². The molecule has 0 saturated heterocycles. The van der Waals surface area contributed by atoms with Gasteiger partial charge in [-0.25, -0.2) is 0 Å². The molecule has 0 fully saturated rings. The van der Waals surface area contributed by atoms with E-state index < -0.39 is 5.97 Å². The number of rotatable bonds is 21. The Labute approximate surface area is 198 Å². The number of hydrogen-bond donors (Lipinski definition) is 1. The smallest absolute Gasteiger partial charge is 0.303 e. The first kappa shape index (κ1) is 32.6. The minimum atomic E-state index is -0.666. The van der Waals surface area contributed by atoms with Crippen LogP contribution in [0, 0.1) is 0 Å². The van der Waals surface area contributed by atoms with Crippen LogP contribution < -0.4 is 0 Å². The van der Waals surface area contributed by atoms with Crippen LogP contribution in [0.1, 0.15) is 136 Å². The molecule has 32 heavy (non-hydrogen) atoms. The molecule has 1 N–H and O–H groups in total. The summed E-state index contributed by atoms with van der Waals surface area (Å²) < 4.78 is 4.86. The minimum absolute atomic E-state index is 0.166. The molecule has 0 aliphatic rings. The molecule has 0 bridgehead atoms. The average molecular weight is 453 g/mol. The van der Waals surface area contributed by atoms with Gasteiger partial charge < -0.3 is 9.84 Å². The Kier molecular flexibility index (Phi) is 30.0. The van der Waals surface area contributed by atoms with Gasteiger partial charge in [0.25, 0.3) is 0 Å². The van der Waals surface area contributed by atoms with Gasteiger partial charge in [0.05, 0.1) is 6.61 Å². The lowest BCUT2D eigenvalue weighted by Gasteiger charge is -2.01. The van der Waals surface area contributed by atoms with Crippen molar-refractivity contribution in [1.82, 2.24) is 0 Å². The van der Waals surface area contributed by atoms with Crippen LogP contribution in [0.5, 0.6) is 0 Å². The van der Waals surface area contributed by atoms with Crippen LogP contribution in [0.25, 0.3) is 0 Å². The Morgan fingerprint density at radius 1 is 0.625 bits per heavy atom. The monoisotopic (exact) mass is 452 g/mol. The quantitative estimate of drug-likeness (QED) is 0.107. The number of carboxylic acid groups (broad SMARTS) is 1. The number of allylic oxidation sites excluding steroid dienone is 4. The lowest BCUT2D eigenvalue weighted by molar-refractivity contribution is -0.141. The highest BCUT2D eigenvalue weighted by Crippen LogP contribution is 2.09. The van der Waals surface area contributed by atoms with Crippen molar-refractivity contribution in [3.05, 3.63) is 24.3 Å². The molecule has 0 aromatic rings. The van der Waals surface area contributed by atoms with E-state index in [-0.39, 0.29) is 5.97 Å². The van der Waals surface area contributed by atoms with Crippen molar-refractivity contribution in [2.45, 2.75) is 136 Å². The summed E-state index contributed by atoms with van der Waals surface area (Å²) in [6.07, 6.45) is 29.7. The van der Waals surface area contributed by atoms with Crippen LogP contribution in [0.4, 0.5) is 0 Å². The summed E-state index contributed by atoms with van der Waals surface area (Å²) in [7, 11) is 0. The molecule has 4 heteroatoms. The molecule has 0 aromatic carbocycles. The summed E-state index contributed by atoms with van der Waals surface area (Å²) in [5.74, 6) is -0.831. The Bertz CT molecular complexity index is 412. The molecular weight excluding hydrogens is 400 g/mol. The molecule has 0 radical (unpaired) electrons. The first-order valence-electron chi connectivity index (χ1n) is 13.2. The van der Waals surface area contributed by atoms with E-state index in [1.54, 1.807) is 0 Å². The topological polar surface area (TPSA) is 63.6 Å². The van der Waals surface area contributed by atoms with E-state index in [1.165, 1.54) is 96.8 Å². The maximum absolute atomic E-state index is 10.5. The summed E-state index contributed by atoms with van der Waals surface area (Å²) in [6.45, 7) is 6.45. The second kappa shape index (κ2) is 29.4. The van der Waals surface area contributed by atoms with Gasteiger partial charge in [0.1, 0.15) is 0 Å². The molecule has 0 unspecified atom stereocenters. The number of carbonyl (C=O) groups excluding carboxylic acids is 1. The fourth-order valence-electron chi connectivity index (χ4n) is 3.16. The van der Waals surface area contributed by atoms with Crippen molar-refractivity contribution in [3.8, 4) is 0 Å². The van der Waals surface area contributed by atoms with Gasteiger partial charge in [-0.1, -0.05) is 95.9 Å². The van der Waals surface area contributed by atoms with E-state index in [4.69, 9.17) is 9.84 Å². The number of esters is 1. The first-order valence-corrected chi connectivity index (χ1v) is 13.2. The molecule has 0 heterocycles. The van der Waals surface area contributed by atoms with Gasteiger partial charge in [0.2, 0.25) is 0 Å². The average Bonchev–Trinajstić information content (AvgIpc) is 2.76. The van der Waals surface area contributed by atoms with Crippen molar-refractivity contribution >= 4 is 11.9 Å². The van der Waals surface area contributed by atoms with Crippen LogP contribution in [0.15, 0.2) is 24.3 Å². The number of unbranched alkanes of at least 4 members (excludes halogenated alkanes) is 13.